The summed E-state index contributed by atoms with van der Waals surface area (Å²) in [5.41, 5.74) is 0. The van der Waals surface area contributed by atoms with Crippen LogP contribution in [0.1, 0.15) is 239 Å². The summed E-state index contributed by atoms with van der Waals surface area (Å²) in [5.74, 6) is -0.971. The van der Waals surface area contributed by atoms with Crippen LogP contribution in [0.3, 0.4) is 0 Å². The molecule has 370 valence electrons. The number of rotatable bonds is 47. The molecule has 0 aliphatic carbocycles. The van der Waals surface area contributed by atoms with Crippen molar-refractivity contribution in [2.75, 3.05) is 13.2 Å². The number of carbonyl (C=O) groups excluding carboxylic acids is 3. The lowest BCUT2D eigenvalue weighted by Crippen LogP contribution is -2.30. The molecule has 0 radical (unpaired) electrons. The lowest BCUT2D eigenvalue weighted by Gasteiger charge is -2.18. The maximum Gasteiger partial charge on any atom is 0.306 e. The number of esters is 3. The molecular formula is C59H98O6. The average molecular weight is 903 g/mol. The van der Waals surface area contributed by atoms with E-state index in [2.05, 4.69) is 118 Å². The molecule has 0 aliphatic rings. The number of ether oxygens (including phenoxy) is 3. The summed E-state index contributed by atoms with van der Waals surface area (Å²) in [4.78, 5) is 38.0. The largest absolute Gasteiger partial charge is 0.462 e. The Balaban J connectivity index is 4.49. The number of allylic oxidation sites excluding steroid dienone is 16. The summed E-state index contributed by atoms with van der Waals surface area (Å²) in [7, 11) is 0. The quantitative estimate of drug-likeness (QED) is 0.0199. The van der Waals surface area contributed by atoms with Gasteiger partial charge in [-0.1, -0.05) is 240 Å². The van der Waals surface area contributed by atoms with E-state index in [9.17, 15) is 14.4 Å². The molecule has 6 heteroatoms. The van der Waals surface area contributed by atoms with Crippen molar-refractivity contribution in [1.82, 2.24) is 0 Å². The maximum absolute atomic E-state index is 12.8. The van der Waals surface area contributed by atoms with Gasteiger partial charge in [0.05, 0.1) is 0 Å². The molecule has 0 N–H and O–H groups in total. The van der Waals surface area contributed by atoms with Gasteiger partial charge in [-0.3, -0.25) is 14.4 Å². The number of carbonyl (C=O) groups is 3. The fourth-order valence-electron chi connectivity index (χ4n) is 7.18. The van der Waals surface area contributed by atoms with E-state index in [4.69, 9.17) is 14.2 Å². The van der Waals surface area contributed by atoms with Crippen LogP contribution in [0.15, 0.2) is 97.2 Å². The second kappa shape index (κ2) is 52.9. The van der Waals surface area contributed by atoms with Crippen molar-refractivity contribution in [2.24, 2.45) is 0 Å². The summed E-state index contributed by atoms with van der Waals surface area (Å²) >= 11 is 0. The standard InChI is InChI=1S/C59H98O6/c1-4-7-10-13-16-19-22-25-28-29-32-34-37-40-43-46-49-52-58(61)64-55-56(65-59(62)53-50-47-44-41-38-35-31-27-24-21-18-15-12-9-6-3)54-63-57(60)51-48-45-42-39-36-33-30-26-23-20-17-14-11-8-5-2/h7,9-10,12,15-16,18-19,21,24-25,28,32,34,40,43,56H,4-6,8,11,13-14,17,20,22-23,26-27,29-31,33,35-39,41-42,44-55H2,1-3H3/b10-7-,12-9-,18-15-,19-16-,24-21-,28-25-,34-32-,43-40-. The summed E-state index contributed by atoms with van der Waals surface area (Å²) < 4.78 is 16.8. The minimum Gasteiger partial charge on any atom is -0.462 e. The van der Waals surface area contributed by atoms with Gasteiger partial charge in [-0.15, -0.1) is 0 Å². The van der Waals surface area contributed by atoms with Gasteiger partial charge in [0.25, 0.3) is 0 Å². The highest BCUT2D eigenvalue weighted by molar-refractivity contribution is 5.71. The van der Waals surface area contributed by atoms with Crippen molar-refractivity contribution < 1.29 is 28.6 Å². The Kier molecular flexibility index (Phi) is 50.0. The van der Waals surface area contributed by atoms with E-state index in [1.807, 2.05) is 0 Å². The molecule has 0 aromatic carbocycles. The summed E-state index contributed by atoms with van der Waals surface area (Å²) in [5, 5.41) is 0. The number of hydrogen-bond acceptors (Lipinski definition) is 6. The van der Waals surface area contributed by atoms with Gasteiger partial charge in [-0.05, 0) is 77.0 Å². The molecule has 0 heterocycles. The monoisotopic (exact) mass is 903 g/mol. The smallest absolute Gasteiger partial charge is 0.306 e. The molecule has 0 saturated heterocycles. The first-order valence-corrected chi connectivity index (χ1v) is 26.8. The van der Waals surface area contributed by atoms with Crippen LogP contribution in [0.25, 0.3) is 0 Å². The van der Waals surface area contributed by atoms with Gasteiger partial charge < -0.3 is 14.2 Å². The van der Waals surface area contributed by atoms with E-state index in [0.29, 0.717) is 19.3 Å². The Morgan fingerprint density at radius 2 is 0.692 bits per heavy atom. The maximum atomic E-state index is 12.8. The van der Waals surface area contributed by atoms with Crippen molar-refractivity contribution in [3.63, 3.8) is 0 Å². The Morgan fingerprint density at radius 3 is 1.15 bits per heavy atom. The minimum atomic E-state index is -0.806. The lowest BCUT2D eigenvalue weighted by atomic mass is 10.0. The van der Waals surface area contributed by atoms with Gasteiger partial charge >= 0.3 is 17.9 Å². The molecular weight excluding hydrogens is 805 g/mol. The van der Waals surface area contributed by atoms with Gasteiger partial charge in [0.1, 0.15) is 13.2 Å². The van der Waals surface area contributed by atoms with Gasteiger partial charge in [0.2, 0.25) is 0 Å². The molecule has 0 saturated carbocycles. The number of hydrogen-bond donors (Lipinski definition) is 0. The normalized spacial score (nSPS) is 12.8. The van der Waals surface area contributed by atoms with Gasteiger partial charge in [-0.2, -0.15) is 0 Å². The van der Waals surface area contributed by atoms with Crippen LogP contribution in [0.5, 0.6) is 0 Å². The molecule has 1 atom stereocenters. The van der Waals surface area contributed by atoms with Crippen LogP contribution < -0.4 is 0 Å². The SMILES string of the molecule is CC\C=C/C=C\C=C/CCCCCCCCCC(=O)OC(COC(=O)CCC/C=C\C/C=C\C/C=C\C/C=C\C/C=C\CC)COC(=O)CCCCCCCCCCCCCCCCC. The highest BCUT2D eigenvalue weighted by atomic mass is 16.6. The van der Waals surface area contributed by atoms with Crippen LogP contribution in [0.2, 0.25) is 0 Å². The van der Waals surface area contributed by atoms with E-state index in [1.165, 1.54) is 96.3 Å². The molecule has 0 aromatic heterocycles. The third-order valence-corrected chi connectivity index (χ3v) is 11.1. The Hall–Kier alpha value is -3.67. The van der Waals surface area contributed by atoms with Crippen molar-refractivity contribution >= 4 is 17.9 Å². The third kappa shape index (κ3) is 51.2. The first kappa shape index (κ1) is 61.3. The predicted molar refractivity (Wildman–Crippen MR) is 279 cm³/mol. The van der Waals surface area contributed by atoms with Crippen LogP contribution in [0.4, 0.5) is 0 Å². The van der Waals surface area contributed by atoms with Crippen LogP contribution >= 0.6 is 0 Å². The Morgan fingerprint density at radius 1 is 0.338 bits per heavy atom. The van der Waals surface area contributed by atoms with Gasteiger partial charge in [-0.25, -0.2) is 0 Å². The first-order chi connectivity index (χ1) is 32.0. The second-order valence-corrected chi connectivity index (χ2v) is 17.4. The van der Waals surface area contributed by atoms with Crippen LogP contribution in [-0.2, 0) is 28.6 Å². The van der Waals surface area contributed by atoms with Gasteiger partial charge in [0.15, 0.2) is 6.10 Å². The molecule has 6 nitrogen and oxygen atoms in total. The molecule has 0 fully saturated rings. The van der Waals surface area contributed by atoms with E-state index < -0.39 is 6.10 Å². The van der Waals surface area contributed by atoms with Crippen LogP contribution in [-0.4, -0.2) is 37.2 Å². The van der Waals surface area contributed by atoms with E-state index in [-0.39, 0.29) is 37.5 Å². The fourth-order valence-corrected chi connectivity index (χ4v) is 7.18. The summed E-state index contributed by atoms with van der Waals surface area (Å²) in [6, 6.07) is 0. The van der Waals surface area contributed by atoms with Crippen LogP contribution in [0, 0.1) is 0 Å². The Bertz CT molecular complexity index is 1310. The van der Waals surface area contributed by atoms with Gasteiger partial charge in [0, 0.05) is 19.3 Å². The highest BCUT2D eigenvalue weighted by Crippen LogP contribution is 2.15. The molecule has 0 rings (SSSR count). The predicted octanol–water partition coefficient (Wildman–Crippen LogP) is 17.8. The second-order valence-electron chi connectivity index (χ2n) is 17.4. The molecule has 0 amide bonds. The summed E-state index contributed by atoms with van der Waals surface area (Å²) in [6.45, 7) is 6.34. The lowest BCUT2D eigenvalue weighted by molar-refractivity contribution is -0.167. The fraction of sp³-hybridized carbons (Fsp3) is 0.678. The first-order valence-electron chi connectivity index (χ1n) is 26.8. The average Bonchev–Trinajstić information content (AvgIpc) is 3.30. The highest BCUT2D eigenvalue weighted by Gasteiger charge is 2.19. The summed E-state index contributed by atoms with van der Waals surface area (Å²) in [6.07, 6.45) is 69.7. The molecule has 0 aromatic rings. The Labute approximate surface area is 400 Å². The third-order valence-electron chi connectivity index (χ3n) is 11.1. The van der Waals surface area contributed by atoms with Crippen molar-refractivity contribution in [1.29, 1.82) is 0 Å². The minimum absolute atomic E-state index is 0.0992. The zero-order valence-corrected chi connectivity index (χ0v) is 42.2. The topological polar surface area (TPSA) is 78.9 Å². The van der Waals surface area contributed by atoms with E-state index in [0.717, 1.165) is 96.3 Å². The molecule has 0 spiro atoms. The molecule has 0 bridgehead atoms. The zero-order chi connectivity index (χ0) is 47.2. The zero-order valence-electron chi connectivity index (χ0n) is 42.2. The molecule has 0 aliphatic heterocycles. The van der Waals surface area contributed by atoms with Crippen molar-refractivity contribution in [3.05, 3.63) is 97.2 Å². The molecule has 65 heavy (non-hydrogen) atoms. The van der Waals surface area contributed by atoms with E-state index >= 15 is 0 Å². The van der Waals surface area contributed by atoms with E-state index in [1.54, 1.807) is 0 Å². The van der Waals surface area contributed by atoms with Crippen molar-refractivity contribution in [2.45, 2.75) is 245 Å². The van der Waals surface area contributed by atoms with Crippen molar-refractivity contribution in [3.8, 4) is 0 Å². The molecule has 1 unspecified atom stereocenters. The number of unbranched alkanes of at least 4 members (excludes halogenated alkanes) is 22.